The third kappa shape index (κ3) is 2.38. The molecule has 88 valence electrons. The van der Waals surface area contributed by atoms with Gasteiger partial charge in [-0.1, -0.05) is 0 Å². The van der Waals surface area contributed by atoms with Crippen LogP contribution in [0.25, 0.3) is 0 Å². The standard InChI is InChI=1S/C12H15BrFNO/c1-7(15)10-5-8(14)6-11(13)12(10)16-9-3-2-4-9/h5-7,9H,2-4,15H2,1H3. The minimum atomic E-state index is -0.292. The lowest BCUT2D eigenvalue weighted by atomic mass is 9.96. The van der Waals surface area contributed by atoms with Gasteiger partial charge in [0.25, 0.3) is 0 Å². The maximum Gasteiger partial charge on any atom is 0.138 e. The van der Waals surface area contributed by atoms with Crippen molar-refractivity contribution >= 4 is 15.9 Å². The van der Waals surface area contributed by atoms with Crippen LogP contribution < -0.4 is 10.5 Å². The summed E-state index contributed by atoms with van der Waals surface area (Å²) >= 11 is 3.33. The Morgan fingerprint density at radius 1 is 1.50 bits per heavy atom. The van der Waals surface area contributed by atoms with Crippen LogP contribution in [0.3, 0.4) is 0 Å². The smallest absolute Gasteiger partial charge is 0.138 e. The second-order valence-corrected chi connectivity index (χ2v) is 5.12. The molecule has 0 radical (unpaired) electrons. The number of hydrogen-bond donors (Lipinski definition) is 1. The lowest BCUT2D eigenvalue weighted by molar-refractivity contribution is 0.117. The fourth-order valence-corrected chi connectivity index (χ4v) is 2.24. The molecule has 0 bridgehead atoms. The van der Waals surface area contributed by atoms with E-state index in [0.717, 1.165) is 18.4 Å². The number of rotatable bonds is 3. The molecular weight excluding hydrogens is 273 g/mol. The molecule has 0 heterocycles. The van der Waals surface area contributed by atoms with Crippen molar-refractivity contribution in [3.63, 3.8) is 0 Å². The van der Waals surface area contributed by atoms with Gasteiger partial charge in [0.05, 0.1) is 10.6 Å². The van der Waals surface area contributed by atoms with Crippen molar-refractivity contribution in [2.75, 3.05) is 0 Å². The van der Waals surface area contributed by atoms with Crippen molar-refractivity contribution in [2.45, 2.75) is 38.3 Å². The molecule has 1 aromatic carbocycles. The molecule has 1 fully saturated rings. The fourth-order valence-electron chi connectivity index (χ4n) is 1.70. The van der Waals surface area contributed by atoms with Crippen molar-refractivity contribution in [2.24, 2.45) is 5.73 Å². The molecule has 1 aliphatic carbocycles. The first-order valence-corrected chi connectivity index (χ1v) is 6.28. The van der Waals surface area contributed by atoms with Gasteiger partial charge in [-0.05, 0) is 54.2 Å². The van der Waals surface area contributed by atoms with Crippen molar-refractivity contribution < 1.29 is 9.13 Å². The average molecular weight is 288 g/mol. The lowest BCUT2D eigenvalue weighted by Crippen LogP contribution is -2.25. The maximum absolute atomic E-state index is 13.3. The third-order valence-corrected chi connectivity index (χ3v) is 3.45. The Hall–Kier alpha value is -0.610. The molecule has 2 rings (SSSR count). The first-order chi connectivity index (χ1) is 7.58. The number of hydrogen-bond acceptors (Lipinski definition) is 2. The van der Waals surface area contributed by atoms with E-state index in [2.05, 4.69) is 15.9 Å². The van der Waals surface area contributed by atoms with Gasteiger partial charge in [0.1, 0.15) is 11.6 Å². The van der Waals surface area contributed by atoms with Gasteiger partial charge in [-0.2, -0.15) is 0 Å². The summed E-state index contributed by atoms with van der Waals surface area (Å²) < 4.78 is 19.7. The van der Waals surface area contributed by atoms with E-state index in [1.54, 1.807) is 0 Å². The Balaban J connectivity index is 2.32. The van der Waals surface area contributed by atoms with Crippen molar-refractivity contribution in [1.82, 2.24) is 0 Å². The van der Waals surface area contributed by atoms with Crippen LogP contribution in [-0.4, -0.2) is 6.10 Å². The van der Waals surface area contributed by atoms with Crippen LogP contribution in [0, 0.1) is 5.82 Å². The van der Waals surface area contributed by atoms with Crippen molar-refractivity contribution in [1.29, 1.82) is 0 Å². The number of nitrogens with two attached hydrogens (primary N) is 1. The molecule has 0 aliphatic heterocycles. The summed E-state index contributed by atoms with van der Waals surface area (Å²) in [6.45, 7) is 1.83. The van der Waals surface area contributed by atoms with E-state index in [1.807, 2.05) is 6.92 Å². The maximum atomic E-state index is 13.3. The first kappa shape index (κ1) is 11.9. The molecule has 0 aromatic heterocycles. The number of halogens is 2. The second kappa shape index (κ2) is 4.72. The van der Waals surface area contributed by atoms with Crippen LogP contribution in [0.15, 0.2) is 16.6 Å². The molecule has 1 aliphatic rings. The van der Waals surface area contributed by atoms with Crippen LogP contribution in [0.2, 0.25) is 0 Å². The predicted octanol–water partition coefficient (Wildman–Crippen LogP) is 3.54. The van der Waals surface area contributed by atoms with Gasteiger partial charge in [-0.3, -0.25) is 0 Å². The van der Waals surface area contributed by atoms with Gasteiger partial charge in [-0.15, -0.1) is 0 Å². The molecule has 1 aromatic rings. The highest BCUT2D eigenvalue weighted by molar-refractivity contribution is 9.10. The minimum absolute atomic E-state index is 0.234. The molecule has 2 N–H and O–H groups in total. The van der Waals surface area contributed by atoms with E-state index in [-0.39, 0.29) is 18.0 Å². The fraction of sp³-hybridized carbons (Fsp3) is 0.500. The van der Waals surface area contributed by atoms with Gasteiger partial charge in [-0.25, -0.2) is 4.39 Å². The Bertz CT molecular complexity index is 391. The molecule has 0 saturated heterocycles. The summed E-state index contributed by atoms with van der Waals surface area (Å²) in [5.74, 6) is 0.404. The highest BCUT2D eigenvalue weighted by Gasteiger charge is 2.23. The molecule has 1 unspecified atom stereocenters. The Kier molecular flexibility index (Phi) is 3.50. The van der Waals surface area contributed by atoms with Gasteiger partial charge < -0.3 is 10.5 Å². The quantitative estimate of drug-likeness (QED) is 0.923. The Morgan fingerprint density at radius 2 is 2.19 bits per heavy atom. The van der Waals surface area contributed by atoms with E-state index in [9.17, 15) is 4.39 Å². The highest BCUT2D eigenvalue weighted by Crippen LogP contribution is 2.36. The SMILES string of the molecule is CC(N)c1cc(F)cc(Br)c1OC1CCC1. The highest BCUT2D eigenvalue weighted by atomic mass is 79.9. The zero-order valence-corrected chi connectivity index (χ0v) is 10.8. The molecule has 2 nitrogen and oxygen atoms in total. The molecule has 4 heteroatoms. The molecule has 0 spiro atoms. The van der Waals surface area contributed by atoms with E-state index in [4.69, 9.17) is 10.5 Å². The number of benzene rings is 1. The zero-order valence-electron chi connectivity index (χ0n) is 9.17. The van der Waals surface area contributed by atoms with Crippen LogP contribution in [0.5, 0.6) is 5.75 Å². The summed E-state index contributed by atoms with van der Waals surface area (Å²) in [6, 6.07) is 2.63. The van der Waals surface area contributed by atoms with Gasteiger partial charge in [0.2, 0.25) is 0 Å². The van der Waals surface area contributed by atoms with Crippen LogP contribution in [0.4, 0.5) is 4.39 Å². The summed E-state index contributed by atoms with van der Waals surface area (Å²) in [5.41, 5.74) is 6.54. The van der Waals surface area contributed by atoms with Crippen LogP contribution >= 0.6 is 15.9 Å². The molecule has 0 amide bonds. The van der Waals surface area contributed by atoms with Crippen LogP contribution in [0.1, 0.15) is 37.8 Å². The van der Waals surface area contributed by atoms with E-state index < -0.39 is 0 Å². The van der Waals surface area contributed by atoms with Gasteiger partial charge >= 0.3 is 0 Å². The average Bonchev–Trinajstić information content (AvgIpc) is 2.12. The minimum Gasteiger partial charge on any atom is -0.489 e. The lowest BCUT2D eigenvalue weighted by Gasteiger charge is -2.28. The van der Waals surface area contributed by atoms with Gasteiger partial charge in [0, 0.05) is 11.6 Å². The van der Waals surface area contributed by atoms with Crippen molar-refractivity contribution in [3.8, 4) is 5.75 Å². The summed E-state index contributed by atoms with van der Waals surface area (Å²) in [4.78, 5) is 0. The molecule has 1 saturated carbocycles. The zero-order chi connectivity index (χ0) is 11.7. The molecule has 16 heavy (non-hydrogen) atoms. The van der Waals surface area contributed by atoms with Crippen LogP contribution in [-0.2, 0) is 0 Å². The normalized spacial score (nSPS) is 18.0. The van der Waals surface area contributed by atoms with Gasteiger partial charge in [0.15, 0.2) is 0 Å². The Labute approximate surface area is 103 Å². The summed E-state index contributed by atoms with van der Waals surface area (Å²) in [5, 5.41) is 0. The summed E-state index contributed by atoms with van der Waals surface area (Å²) in [6.07, 6.45) is 3.61. The second-order valence-electron chi connectivity index (χ2n) is 4.27. The van der Waals surface area contributed by atoms with Crippen molar-refractivity contribution in [3.05, 3.63) is 28.0 Å². The third-order valence-electron chi connectivity index (χ3n) is 2.86. The topological polar surface area (TPSA) is 35.2 Å². The monoisotopic (exact) mass is 287 g/mol. The molecular formula is C12H15BrFNO. The summed E-state index contributed by atoms with van der Waals surface area (Å²) in [7, 11) is 0. The number of ether oxygens (including phenoxy) is 1. The predicted molar refractivity (Wildman–Crippen MR) is 65.0 cm³/mol. The van der Waals surface area contributed by atoms with E-state index in [1.165, 1.54) is 18.6 Å². The van der Waals surface area contributed by atoms with E-state index >= 15 is 0 Å². The molecule has 1 atom stereocenters. The largest absolute Gasteiger partial charge is 0.489 e. The first-order valence-electron chi connectivity index (χ1n) is 5.49. The van der Waals surface area contributed by atoms with E-state index in [0.29, 0.717) is 10.2 Å². The Morgan fingerprint density at radius 3 is 2.69 bits per heavy atom.